The molecule has 2 nitrogen and oxygen atoms in total. The van der Waals surface area contributed by atoms with Gasteiger partial charge in [0.25, 0.3) is 0 Å². The Morgan fingerprint density at radius 2 is 2.30 bits per heavy atom. The molecule has 0 atom stereocenters. The van der Waals surface area contributed by atoms with Crippen molar-refractivity contribution < 1.29 is 0 Å². The Morgan fingerprint density at radius 3 is 2.50 bits per heavy atom. The van der Waals surface area contributed by atoms with Crippen LogP contribution < -0.4 is 0 Å². The van der Waals surface area contributed by atoms with E-state index in [4.69, 9.17) is 0 Å². The van der Waals surface area contributed by atoms with E-state index in [0.29, 0.717) is 0 Å². The van der Waals surface area contributed by atoms with E-state index in [0.717, 1.165) is 11.3 Å². The van der Waals surface area contributed by atoms with Gasteiger partial charge < -0.3 is 0 Å². The third-order valence-electron chi connectivity index (χ3n) is 1.53. The lowest BCUT2D eigenvalue weighted by molar-refractivity contribution is 0.755. The third-order valence-corrected chi connectivity index (χ3v) is 1.53. The molecule has 0 aromatic carbocycles. The van der Waals surface area contributed by atoms with Gasteiger partial charge in [0.15, 0.2) is 0 Å². The molecular weight excluding hydrogens is 124 g/mol. The summed E-state index contributed by atoms with van der Waals surface area (Å²) in [6.07, 6.45) is 1.85. The maximum absolute atomic E-state index is 4.09. The second-order valence-electron chi connectivity index (χ2n) is 2.58. The number of nitrogens with zero attached hydrogens (tertiary/aromatic N) is 2. The van der Waals surface area contributed by atoms with Gasteiger partial charge in [-0.3, -0.25) is 4.68 Å². The largest absolute Gasteiger partial charge is 0.268 e. The van der Waals surface area contributed by atoms with Crippen molar-refractivity contribution in [3.8, 4) is 0 Å². The van der Waals surface area contributed by atoms with Crippen LogP contribution in [0.25, 0.3) is 5.57 Å². The number of rotatable bonds is 1. The van der Waals surface area contributed by atoms with Crippen molar-refractivity contribution in [2.24, 2.45) is 7.05 Å². The average molecular weight is 136 g/mol. The van der Waals surface area contributed by atoms with Gasteiger partial charge in [-0.2, -0.15) is 5.10 Å². The molecule has 0 saturated heterocycles. The normalized spacial score (nSPS) is 9.90. The fraction of sp³-hybridized carbons (Fsp3) is 0.375. The summed E-state index contributed by atoms with van der Waals surface area (Å²) < 4.78 is 1.84. The van der Waals surface area contributed by atoms with Crippen LogP contribution in [-0.4, -0.2) is 9.78 Å². The van der Waals surface area contributed by atoms with Crippen LogP contribution in [0.4, 0.5) is 0 Å². The molecule has 1 rings (SSSR count). The van der Waals surface area contributed by atoms with Crippen LogP contribution in [-0.2, 0) is 7.05 Å². The van der Waals surface area contributed by atoms with E-state index in [-0.39, 0.29) is 0 Å². The van der Waals surface area contributed by atoms with Gasteiger partial charge in [-0.15, -0.1) is 0 Å². The summed E-state index contributed by atoms with van der Waals surface area (Å²) in [7, 11) is 1.93. The van der Waals surface area contributed by atoms with E-state index in [1.807, 2.05) is 31.8 Å². The first-order chi connectivity index (χ1) is 4.63. The average Bonchev–Trinajstić information content (AvgIpc) is 2.11. The molecule has 10 heavy (non-hydrogen) atoms. The first-order valence-electron chi connectivity index (χ1n) is 3.27. The van der Waals surface area contributed by atoms with Crippen LogP contribution in [0, 0.1) is 6.92 Å². The monoisotopic (exact) mass is 136 g/mol. The molecule has 0 aliphatic carbocycles. The van der Waals surface area contributed by atoms with E-state index in [1.165, 1.54) is 5.56 Å². The standard InChI is InChI=1S/C8H12N2/c1-6(2)8-7(3)5-9-10(8)4/h5H,1H2,2-4H3. The Morgan fingerprint density at radius 1 is 1.70 bits per heavy atom. The summed E-state index contributed by atoms with van der Waals surface area (Å²) in [5, 5.41) is 4.09. The molecule has 0 unspecified atom stereocenters. The van der Waals surface area contributed by atoms with Crippen LogP contribution in [0.5, 0.6) is 0 Å². The molecule has 0 fully saturated rings. The summed E-state index contributed by atoms with van der Waals surface area (Å²) in [6, 6.07) is 0. The Kier molecular flexibility index (Phi) is 1.62. The molecule has 54 valence electrons. The SMILES string of the molecule is C=C(C)c1c(C)cnn1C. The first kappa shape index (κ1) is 7.06. The zero-order chi connectivity index (χ0) is 7.72. The fourth-order valence-corrected chi connectivity index (χ4v) is 1.16. The smallest absolute Gasteiger partial charge is 0.0658 e. The van der Waals surface area contributed by atoms with E-state index in [1.54, 1.807) is 0 Å². The van der Waals surface area contributed by atoms with Gasteiger partial charge in [-0.25, -0.2) is 0 Å². The summed E-state index contributed by atoms with van der Waals surface area (Å²) in [4.78, 5) is 0. The van der Waals surface area contributed by atoms with E-state index >= 15 is 0 Å². The quantitative estimate of drug-likeness (QED) is 0.575. The predicted molar refractivity (Wildman–Crippen MR) is 42.7 cm³/mol. The summed E-state index contributed by atoms with van der Waals surface area (Å²) in [6.45, 7) is 7.89. The number of hydrogen-bond acceptors (Lipinski definition) is 1. The molecule has 0 spiro atoms. The van der Waals surface area contributed by atoms with Gasteiger partial charge in [0, 0.05) is 7.05 Å². The lowest BCUT2D eigenvalue weighted by Gasteiger charge is -2.00. The van der Waals surface area contributed by atoms with Crippen LogP contribution in [0.3, 0.4) is 0 Å². The van der Waals surface area contributed by atoms with Crippen molar-refractivity contribution in [3.63, 3.8) is 0 Å². The van der Waals surface area contributed by atoms with Crippen molar-refractivity contribution >= 4 is 5.57 Å². The van der Waals surface area contributed by atoms with Gasteiger partial charge in [0.2, 0.25) is 0 Å². The maximum atomic E-state index is 4.09. The van der Waals surface area contributed by atoms with E-state index in [9.17, 15) is 0 Å². The molecule has 1 aromatic heterocycles. The van der Waals surface area contributed by atoms with Crippen molar-refractivity contribution in [2.75, 3.05) is 0 Å². The lowest BCUT2D eigenvalue weighted by Crippen LogP contribution is -1.95. The second-order valence-corrected chi connectivity index (χ2v) is 2.58. The molecule has 0 radical (unpaired) electrons. The zero-order valence-electron chi connectivity index (χ0n) is 6.68. The topological polar surface area (TPSA) is 17.8 Å². The van der Waals surface area contributed by atoms with Crippen LogP contribution in [0.15, 0.2) is 12.8 Å². The lowest BCUT2D eigenvalue weighted by atomic mass is 10.2. The van der Waals surface area contributed by atoms with Crippen molar-refractivity contribution in [2.45, 2.75) is 13.8 Å². The van der Waals surface area contributed by atoms with E-state index < -0.39 is 0 Å². The molecule has 0 aliphatic heterocycles. The van der Waals surface area contributed by atoms with Gasteiger partial charge in [0.05, 0.1) is 11.9 Å². The predicted octanol–water partition coefficient (Wildman–Crippen LogP) is 1.76. The third kappa shape index (κ3) is 0.967. The van der Waals surface area contributed by atoms with Crippen LogP contribution in [0.2, 0.25) is 0 Å². The van der Waals surface area contributed by atoms with Gasteiger partial charge >= 0.3 is 0 Å². The van der Waals surface area contributed by atoms with Gasteiger partial charge in [-0.1, -0.05) is 6.58 Å². The Labute approximate surface area is 61.2 Å². The van der Waals surface area contributed by atoms with Gasteiger partial charge in [-0.05, 0) is 25.0 Å². The molecule has 1 aromatic rings. The van der Waals surface area contributed by atoms with Crippen LogP contribution in [0.1, 0.15) is 18.2 Å². The van der Waals surface area contributed by atoms with Crippen molar-refractivity contribution in [1.29, 1.82) is 0 Å². The molecule has 0 N–H and O–H groups in total. The number of aryl methyl sites for hydroxylation is 2. The highest BCUT2D eigenvalue weighted by Gasteiger charge is 2.02. The van der Waals surface area contributed by atoms with Gasteiger partial charge in [0.1, 0.15) is 0 Å². The minimum Gasteiger partial charge on any atom is -0.268 e. The highest BCUT2D eigenvalue weighted by atomic mass is 15.3. The molecule has 0 amide bonds. The van der Waals surface area contributed by atoms with E-state index in [2.05, 4.69) is 11.7 Å². The Balaban J connectivity index is 3.23. The maximum Gasteiger partial charge on any atom is 0.0658 e. The molecule has 0 saturated carbocycles. The number of allylic oxidation sites excluding steroid dienone is 1. The molecule has 2 heteroatoms. The molecule has 0 aliphatic rings. The number of hydrogen-bond donors (Lipinski definition) is 0. The second kappa shape index (κ2) is 2.29. The Bertz CT molecular complexity index is 239. The minimum absolute atomic E-state index is 1.07. The first-order valence-corrected chi connectivity index (χ1v) is 3.27. The number of aromatic nitrogens is 2. The fourth-order valence-electron chi connectivity index (χ4n) is 1.16. The molecular formula is C8H12N2. The van der Waals surface area contributed by atoms with Crippen molar-refractivity contribution in [3.05, 3.63) is 24.0 Å². The summed E-state index contributed by atoms with van der Waals surface area (Å²) >= 11 is 0. The highest BCUT2D eigenvalue weighted by Crippen LogP contribution is 2.14. The summed E-state index contributed by atoms with van der Waals surface area (Å²) in [5.74, 6) is 0. The highest BCUT2D eigenvalue weighted by molar-refractivity contribution is 5.60. The minimum atomic E-state index is 1.07. The zero-order valence-corrected chi connectivity index (χ0v) is 6.68. The van der Waals surface area contributed by atoms with Crippen molar-refractivity contribution in [1.82, 2.24) is 9.78 Å². The van der Waals surface area contributed by atoms with Crippen LogP contribution >= 0.6 is 0 Å². The molecule has 1 heterocycles. The Hall–Kier alpha value is -1.05. The molecule has 0 bridgehead atoms. The summed E-state index contributed by atoms with van der Waals surface area (Å²) in [5.41, 5.74) is 3.40.